The SMILES string of the molecule is CCc1cccc(C)c1N(C(=O)Cn1c(CNC(=O)c2ccccc2)nc2ccccc21)C(C)COC. The Balaban J connectivity index is 1.68. The normalized spacial score (nSPS) is 11.9. The van der Waals surface area contributed by atoms with Gasteiger partial charge in [0.15, 0.2) is 0 Å². The average Bonchev–Trinajstić information content (AvgIpc) is 3.26. The van der Waals surface area contributed by atoms with Gasteiger partial charge in [0.1, 0.15) is 12.4 Å². The van der Waals surface area contributed by atoms with Gasteiger partial charge < -0.3 is 19.5 Å². The van der Waals surface area contributed by atoms with E-state index in [1.165, 1.54) is 0 Å². The van der Waals surface area contributed by atoms with Crippen molar-refractivity contribution in [3.05, 3.63) is 95.3 Å². The number of imidazole rings is 1. The fourth-order valence-electron chi connectivity index (χ4n) is 4.76. The molecule has 1 atom stereocenters. The van der Waals surface area contributed by atoms with E-state index in [1.54, 1.807) is 19.2 Å². The van der Waals surface area contributed by atoms with Gasteiger partial charge in [0, 0.05) is 12.7 Å². The molecule has 0 aliphatic carbocycles. The predicted molar refractivity (Wildman–Crippen MR) is 147 cm³/mol. The number of anilines is 1. The van der Waals surface area contributed by atoms with E-state index in [4.69, 9.17) is 9.72 Å². The predicted octanol–water partition coefficient (Wildman–Crippen LogP) is 4.91. The second-order valence-electron chi connectivity index (χ2n) is 9.16. The molecule has 0 spiro atoms. The van der Waals surface area contributed by atoms with Crippen LogP contribution < -0.4 is 10.2 Å². The summed E-state index contributed by atoms with van der Waals surface area (Å²) in [5, 5.41) is 2.95. The van der Waals surface area contributed by atoms with Crippen molar-refractivity contribution < 1.29 is 14.3 Å². The number of carbonyl (C=O) groups excluding carboxylic acids is 2. The van der Waals surface area contributed by atoms with E-state index in [1.807, 2.05) is 77.9 Å². The van der Waals surface area contributed by atoms with Crippen molar-refractivity contribution in [2.24, 2.45) is 0 Å². The van der Waals surface area contributed by atoms with Crippen LogP contribution in [0.2, 0.25) is 0 Å². The highest BCUT2D eigenvalue weighted by molar-refractivity contribution is 5.96. The maximum Gasteiger partial charge on any atom is 0.251 e. The number of rotatable bonds is 10. The number of methoxy groups -OCH3 is 1. The molecule has 0 radical (unpaired) electrons. The van der Waals surface area contributed by atoms with Crippen molar-refractivity contribution in [2.45, 2.75) is 46.3 Å². The first-order valence-electron chi connectivity index (χ1n) is 12.6. The van der Waals surface area contributed by atoms with E-state index < -0.39 is 0 Å². The van der Waals surface area contributed by atoms with Gasteiger partial charge in [0.2, 0.25) is 5.91 Å². The lowest BCUT2D eigenvalue weighted by molar-refractivity contribution is -0.119. The molecule has 2 amide bonds. The summed E-state index contributed by atoms with van der Waals surface area (Å²) < 4.78 is 7.35. The maximum atomic E-state index is 14.0. The van der Waals surface area contributed by atoms with Gasteiger partial charge in [0.25, 0.3) is 5.91 Å². The zero-order valence-corrected chi connectivity index (χ0v) is 21.9. The largest absolute Gasteiger partial charge is 0.383 e. The highest BCUT2D eigenvalue weighted by Gasteiger charge is 2.27. The Morgan fingerprint density at radius 1 is 1.03 bits per heavy atom. The van der Waals surface area contributed by atoms with Gasteiger partial charge in [-0.25, -0.2) is 4.98 Å². The lowest BCUT2D eigenvalue weighted by atomic mass is 10.0. The highest BCUT2D eigenvalue weighted by atomic mass is 16.5. The van der Waals surface area contributed by atoms with Crippen LogP contribution in [0.1, 0.15) is 41.2 Å². The highest BCUT2D eigenvalue weighted by Crippen LogP contribution is 2.29. The van der Waals surface area contributed by atoms with Crippen LogP contribution >= 0.6 is 0 Å². The molecule has 4 rings (SSSR count). The average molecular weight is 499 g/mol. The fourth-order valence-corrected chi connectivity index (χ4v) is 4.76. The molecule has 192 valence electrons. The van der Waals surface area contributed by atoms with Crippen molar-refractivity contribution in [3.8, 4) is 0 Å². The first kappa shape index (κ1) is 26.1. The number of ether oxygens (including phenoxy) is 1. The molecule has 0 fully saturated rings. The number of aryl methyl sites for hydroxylation is 2. The standard InChI is InChI=1S/C30H34N4O3/c1-5-23-15-11-12-21(2)29(23)34(22(3)20-37-4)28(35)19-33-26-17-10-9-16-25(26)32-27(33)18-31-30(36)24-13-7-6-8-14-24/h6-17,22H,5,18-20H2,1-4H3,(H,31,36). The molecule has 0 aliphatic rings. The lowest BCUT2D eigenvalue weighted by Crippen LogP contribution is -2.44. The molecule has 1 N–H and O–H groups in total. The van der Waals surface area contributed by atoms with E-state index in [0.29, 0.717) is 18.0 Å². The zero-order chi connectivity index (χ0) is 26.4. The Morgan fingerprint density at radius 2 is 1.76 bits per heavy atom. The van der Waals surface area contributed by atoms with E-state index in [2.05, 4.69) is 18.3 Å². The molecule has 1 aromatic heterocycles. The van der Waals surface area contributed by atoms with Gasteiger partial charge in [-0.15, -0.1) is 0 Å². The Morgan fingerprint density at radius 3 is 2.49 bits per heavy atom. The Kier molecular flexibility index (Phi) is 8.36. The molecule has 0 aliphatic heterocycles. The van der Waals surface area contributed by atoms with Crippen molar-refractivity contribution >= 4 is 28.5 Å². The topological polar surface area (TPSA) is 76.5 Å². The molecule has 3 aromatic carbocycles. The summed E-state index contributed by atoms with van der Waals surface area (Å²) in [6.45, 7) is 6.83. The quantitative estimate of drug-likeness (QED) is 0.337. The first-order valence-corrected chi connectivity index (χ1v) is 12.6. The minimum Gasteiger partial charge on any atom is -0.383 e. The third kappa shape index (κ3) is 5.73. The summed E-state index contributed by atoms with van der Waals surface area (Å²) in [6, 6.07) is 22.7. The van der Waals surface area contributed by atoms with E-state index >= 15 is 0 Å². The van der Waals surface area contributed by atoms with Crippen molar-refractivity contribution in [1.82, 2.24) is 14.9 Å². The van der Waals surface area contributed by atoms with Gasteiger partial charge >= 0.3 is 0 Å². The molecule has 1 unspecified atom stereocenters. The smallest absolute Gasteiger partial charge is 0.251 e. The number of hydrogen-bond acceptors (Lipinski definition) is 4. The third-order valence-corrected chi connectivity index (χ3v) is 6.53. The first-order chi connectivity index (χ1) is 17.9. The van der Waals surface area contributed by atoms with Crippen LogP contribution in [-0.4, -0.2) is 41.1 Å². The Bertz CT molecular complexity index is 1380. The number of benzene rings is 3. The van der Waals surface area contributed by atoms with E-state index in [-0.39, 0.29) is 30.9 Å². The van der Waals surface area contributed by atoms with Crippen LogP contribution in [0.5, 0.6) is 0 Å². The molecule has 0 bridgehead atoms. The van der Waals surface area contributed by atoms with Crippen molar-refractivity contribution in [1.29, 1.82) is 0 Å². The summed E-state index contributed by atoms with van der Waals surface area (Å²) in [6.07, 6.45) is 0.811. The number of nitrogens with zero attached hydrogens (tertiary/aromatic N) is 3. The van der Waals surface area contributed by atoms with Gasteiger partial charge in [-0.3, -0.25) is 9.59 Å². The second kappa shape index (κ2) is 11.8. The van der Waals surface area contributed by atoms with Gasteiger partial charge in [-0.1, -0.05) is 55.5 Å². The van der Waals surface area contributed by atoms with Crippen molar-refractivity contribution in [3.63, 3.8) is 0 Å². The Labute approximate surface area is 218 Å². The maximum absolute atomic E-state index is 14.0. The van der Waals surface area contributed by atoms with Gasteiger partial charge in [-0.2, -0.15) is 0 Å². The molecule has 7 heteroatoms. The molecule has 7 nitrogen and oxygen atoms in total. The van der Waals surface area contributed by atoms with E-state index in [0.717, 1.165) is 34.3 Å². The summed E-state index contributed by atoms with van der Waals surface area (Å²) in [5.74, 6) is 0.374. The van der Waals surface area contributed by atoms with Crippen LogP contribution in [0, 0.1) is 6.92 Å². The van der Waals surface area contributed by atoms with Crippen LogP contribution in [-0.2, 0) is 29.0 Å². The number of fused-ring (bicyclic) bond motifs is 1. The number of hydrogen-bond donors (Lipinski definition) is 1. The molecule has 1 heterocycles. The van der Waals surface area contributed by atoms with E-state index in [9.17, 15) is 9.59 Å². The molecular weight excluding hydrogens is 464 g/mol. The summed E-state index contributed by atoms with van der Waals surface area (Å²) in [4.78, 5) is 33.3. The number of amides is 2. The molecule has 4 aromatic rings. The third-order valence-electron chi connectivity index (χ3n) is 6.53. The Hall–Kier alpha value is -3.97. The van der Waals surface area contributed by atoms with Gasteiger partial charge in [-0.05, 0) is 55.7 Å². The van der Waals surface area contributed by atoms with Crippen molar-refractivity contribution in [2.75, 3.05) is 18.6 Å². The number of nitrogens with one attached hydrogen (secondary N) is 1. The number of aromatic nitrogens is 2. The minimum atomic E-state index is -0.187. The second-order valence-corrected chi connectivity index (χ2v) is 9.16. The summed E-state index contributed by atoms with van der Waals surface area (Å²) in [7, 11) is 1.65. The lowest BCUT2D eigenvalue weighted by Gasteiger charge is -2.32. The monoisotopic (exact) mass is 498 g/mol. The number of carbonyl (C=O) groups is 2. The summed E-state index contributed by atoms with van der Waals surface area (Å²) in [5.41, 5.74) is 5.29. The minimum absolute atomic E-state index is 0.0626. The van der Waals surface area contributed by atoms with Crippen LogP contribution in [0.25, 0.3) is 11.0 Å². The molecule has 0 saturated carbocycles. The molecule has 0 saturated heterocycles. The molecular formula is C30H34N4O3. The van der Waals surface area contributed by atoms with Crippen LogP contribution in [0.15, 0.2) is 72.8 Å². The fraction of sp³-hybridized carbons (Fsp3) is 0.300. The van der Waals surface area contributed by atoms with Gasteiger partial charge in [0.05, 0.1) is 35.9 Å². The molecule has 37 heavy (non-hydrogen) atoms. The van der Waals surface area contributed by atoms with Crippen LogP contribution in [0.3, 0.4) is 0 Å². The summed E-state index contributed by atoms with van der Waals surface area (Å²) >= 11 is 0. The van der Waals surface area contributed by atoms with Crippen LogP contribution in [0.4, 0.5) is 5.69 Å². The number of para-hydroxylation sites is 3. The zero-order valence-electron chi connectivity index (χ0n) is 21.9.